The zero-order chi connectivity index (χ0) is 21.3. The van der Waals surface area contributed by atoms with Crippen molar-refractivity contribution in [2.75, 3.05) is 16.2 Å². The third kappa shape index (κ3) is 3.65. The second-order valence-corrected chi connectivity index (χ2v) is 8.74. The Morgan fingerprint density at radius 2 is 1.57 bits per heavy atom. The van der Waals surface area contributed by atoms with Crippen LogP contribution in [0.4, 0.5) is 11.4 Å². The van der Waals surface area contributed by atoms with Gasteiger partial charge in [-0.3, -0.25) is 13.9 Å². The molecule has 0 radical (unpaired) electrons. The number of primary amides is 1. The van der Waals surface area contributed by atoms with E-state index < -0.39 is 15.9 Å². The molecule has 7 nitrogen and oxygen atoms in total. The maximum Gasteiger partial charge on any atom is 0.264 e. The van der Waals surface area contributed by atoms with Crippen LogP contribution in [-0.4, -0.2) is 26.8 Å². The first-order valence-electron chi connectivity index (χ1n) is 9.28. The molecule has 1 heterocycles. The molecule has 8 heteroatoms. The predicted octanol–water partition coefficient (Wildman–Crippen LogP) is 2.79. The van der Waals surface area contributed by atoms with Crippen LogP contribution in [0.3, 0.4) is 0 Å². The molecule has 0 atom stereocenters. The van der Waals surface area contributed by atoms with Gasteiger partial charge in [0, 0.05) is 23.4 Å². The van der Waals surface area contributed by atoms with Gasteiger partial charge in [-0.15, -0.1) is 0 Å². The summed E-state index contributed by atoms with van der Waals surface area (Å²) in [4.78, 5) is 24.0. The van der Waals surface area contributed by atoms with Crippen molar-refractivity contribution < 1.29 is 18.0 Å². The van der Waals surface area contributed by atoms with Crippen LogP contribution in [-0.2, 0) is 16.4 Å². The van der Waals surface area contributed by atoms with Crippen molar-refractivity contribution in [1.29, 1.82) is 0 Å². The number of nitrogens with two attached hydrogens (primary N) is 1. The van der Waals surface area contributed by atoms with Crippen LogP contribution in [0.2, 0.25) is 0 Å². The largest absolute Gasteiger partial charge is 0.366 e. The zero-order valence-electron chi connectivity index (χ0n) is 15.9. The van der Waals surface area contributed by atoms with Crippen LogP contribution in [0.1, 0.15) is 26.3 Å². The number of fused-ring (bicyclic) bond motifs is 1. The molecule has 0 unspecified atom stereocenters. The van der Waals surface area contributed by atoms with E-state index in [0.717, 1.165) is 5.56 Å². The number of rotatable bonds is 5. The fourth-order valence-electron chi connectivity index (χ4n) is 3.40. The molecule has 1 aliphatic rings. The summed E-state index contributed by atoms with van der Waals surface area (Å²) >= 11 is 0. The summed E-state index contributed by atoms with van der Waals surface area (Å²) < 4.78 is 27.3. The lowest BCUT2D eigenvalue weighted by atomic mass is 10.1. The Morgan fingerprint density at radius 3 is 2.23 bits per heavy atom. The molecule has 152 valence electrons. The minimum Gasteiger partial charge on any atom is -0.366 e. The van der Waals surface area contributed by atoms with E-state index >= 15 is 0 Å². The van der Waals surface area contributed by atoms with Gasteiger partial charge in [-0.25, -0.2) is 8.42 Å². The Kier molecular flexibility index (Phi) is 5.01. The smallest absolute Gasteiger partial charge is 0.264 e. The molecule has 3 aromatic rings. The Morgan fingerprint density at radius 1 is 0.900 bits per heavy atom. The summed E-state index contributed by atoms with van der Waals surface area (Å²) in [7, 11) is -3.65. The summed E-state index contributed by atoms with van der Waals surface area (Å²) in [6.45, 7) is 0.326. The Bertz CT molecular complexity index is 1220. The highest BCUT2D eigenvalue weighted by atomic mass is 32.2. The zero-order valence-corrected chi connectivity index (χ0v) is 16.7. The minimum atomic E-state index is -3.65. The van der Waals surface area contributed by atoms with Gasteiger partial charge in [-0.05, 0) is 66.6 Å². The number of amides is 2. The van der Waals surface area contributed by atoms with Gasteiger partial charge in [0.1, 0.15) is 0 Å². The average molecular weight is 421 g/mol. The van der Waals surface area contributed by atoms with Gasteiger partial charge in [0.15, 0.2) is 0 Å². The van der Waals surface area contributed by atoms with Crippen molar-refractivity contribution in [3.8, 4) is 0 Å². The molecule has 30 heavy (non-hydrogen) atoms. The van der Waals surface area contributed by atoms with E-state index in [1.807, 2.05) is 0 Å². The van der Waals surface area contributed by atoms with Crippen LogP contribution in [0.5, 0.6) is 0 Å². The van der Waals surface area contributed by atoms with Crippen molar-refractivity contribution in [2.24, 2.45) is 5.73 Å². The highest BCUT2D eigenvalue weighted by Crippen LogP contribution is 2.33. The van der Waals surface area contributed by atoms with Gasteiger partial charge in [-0.2, -0.15) is 0 Å². The molecule has 2 amide bonds. The lowest BCUT2D eigenvalue weighted by Crippen LogP contribution is -2.29. The maximum atomic E-state index is 12.9. The summed E-state index contributed by atoms with van der Waals surface area (Å²) in [5.41, 5.74) is 7.90. The number of nitrogens with one attached hydrogen (secondary N) is 1. The first-order chi connectivity index (χ1) is 14.4. The summed E-state index contributed by atoms with van der Waals surface area (Å²) in [5.74, 6) is -0.865. The highest BCUT2D eigenvalue weighted by Gasteiger charge is 2.31. The third-order valence-corrected chi connectivity index (χ3v) is 6.78. The first kappa shape index (κ1) is 19.7. The average Bonchev–Trinajstić information content (AvgIpc) is 3.19. The maximum absolute atomic E-state index is 12.9. The van der Waals surface area contributed by atoms with Crippen LogP contribution in [0, 0.1) is 0 Å². The second kappa shape index (κ2) is 7.64. The van der Waals surface area contributed by atoms with Crippen LogP contribution < -0.4 is 15.4 Å². The molecular weight excluding hydrogens is 402 g/mol. The van der Waals surface area contributed by atoms with E-state index in [1.54, 1.807) is 60.7 Å². The second-order valence-electron chi connectivity index (χ2n) is 6.88. The molecule has 1 aliphatic heterocycles. The van der Waals surface area contributed by atoms with Crippen molar-refractivity contribution in [2.45, 2.75) is 11.3 Å². The van der Waals surface area contributed by atoms with E-state index in [0.29, 0.717) is 35.5 Å². The fraction of sp³-hybridized carbons (Fsp3) is 0.0909. The number of sulfonamides is 1. The Balaban J connectivity index is 1.55. The van der Waals surface area contributed by atoms with Gasteiger partial charge in [0.05, 0.1) is 10.6 Å². The quantitative estimate of drug-likeness (QED) is 0.660. The fourth-order valence-corrected chi connectivity index (χ4v) is 4.93. The molecule has 3 N–H and O–H groups in total. The van der Waals surface area contributed by atoms with E-state index in [2.05, 4.69) is 5.32 Å². The molecule has 4 rings (SSSR count). The van der Waals surface area contributed by atoms with E-state index in [9.17, 15) is 18.0 Å². The van der Waals surface area contributed by atoms with Gasteiger partial charge >= 0.3 is 0 Å². The normalized spacial score (nSPS) is 13.0. The molecule has 3 aromatic carbocycles. The summed E-state index contributed by atoms with van der Waals surface area (Å²) in [6, 6.07) is 19.5. The molecule has 0 fully saturated rings. The monoisotopic (exact) mass is 421 g/mol. The first-order valence-corrected chi connectivity index (χ1v) is 10.7. The number of hydrogen-bond acceptors (Lipinski definition) is 4. The van der Waals surface area contributed by atoms with Gasteiger partial charge < -0.3 is 11.1 Å². The predicted molar refractivity (Wildman–Crippen MR) is 114 cm³/mol. The van der Waals surface area contributed by atoms with Crippen molar-refractivity contribution in [1.82, 2.24) is 0 Å². The number of nitrogens with zero attached hydrogens (tertiary/aromatic N) is 1. The summed E-state index contributed by atoms with van der Waals surface area (Å²) in [5, 5.41) is 2.76. The molecule has 0 saturated carbocycles. The van der Waals surface area contributed by atoms with Gasteiger partial charge in [0.25, 0.3) is 15.9 Å². The van der Waals surface area contributed by atoms with Gasteiger partial charge in [0.2, 0.25) is 5.91 Å². The molecule has 0 spiro atoms. The lowest BCUT2D eigenvalue weighted by Gasteiger charge is -2.19. The number of carbonyl (C=O) groups excluding carboxylic acids is 2. The number of benzene rings is 3. The van der Waals surface area contributed by atoms with Gasteiger partial charge in [-0.1, -0.05) is 18.2 Å². The number of hydrogen-bond donors (Lipinski definition) is 2. The molecule has 0 aromatic heterocycles. The SMILES string of the molecule is NC(=O)c1ccc(NC(=O)c2ccc3c(c2)CCN3S(=O)(=O)c2ccccc2)cc1. The van der Waals surface area contributed by atoms with Crippen molar-refractivity contribution >= 4 is 33.2 Å². The van der Waals surface area contributed by atoms with E-state index in [-0.39, 0.29) is 10.8 Å². The van der Waals surface area contributed by atoms with Crippen LogP contribution in [0.15, 0.2) is 77.7 Å². The van der Waals surface area contributed by atoms with E-state index in [4.69, 9.17) is 5.73 Å². The minimum absolute atomic E-state index is 0.235. The van der Waals surface area contributed by atoms with Crippen LogP contribution in [0.25, 0.3) is 0 Å². The highest BCUT2D eigenvalue weighted by molar-refractivity contribution is 7.92. The standard InChI is InChI=1S/C22H19N3O4S/c23-21(26)15-6-9-18(10-7-15)24-22(27)17-8-11-20-16(14-17)12-13-25(20)30(28,29)19-4-2-1-3-5-19/h1-11,14H,12-13H2,(H2,23,26)(H,24,27). The molecule has 0 bridgehead atoms. The molecule has 0 aliphatic carbocycles. The van der Waals surface area contributed by atoms with E-state index in [1.165, 1.54) is 16.4 Å². The third-order valence-electron chi connectivity index (χ3n) is 4.95. The van der Waals surface area contributed by atoms with Crippen molar-refractivity contribution in [3.05, 3.63) is 89.5 Å². The Labute approximate surface area is 174 Å². The number of anilines is 2. The van der Waals surface area contributed by atoms with Crippen molar-refractivity contribution in [3.63, 3.8) is 0 Å². The molecule has 0 saturated heterocycles. The Hall–Kier alpha value is -3.65. The summed E-state index contributed by atoms with van der Waals surface area (Å²) in [6.07, 6.45) is 0.524. The molecular formula is C22H19N3O4S. The number of carbonyl (C=O) groups is 2. The lowest BCUT2D eigenvalue weighted by molar-refractivity contribution is 0.0998. The van der Waals surface area contributed by atoms with Crippen LogP contribution >= 0.6 is 0 Å². The topological polar surface area (TPSA) is 110 Å².